The van der Waals surface area contributed by atoms with Crippen LogP contribution in [0.2, 0.25) is 0 Å². The smallest absolute Gasteiger partial charge is 0.408 e. The molecule has 0 radical (unpaired) electrons. The summed E-state index contributed by atoms with van der Waals surface area (Å²) in [5.74, 6) is -0.832. The molecule has 40 heavy (non-hydrogen) atoms. The zero-order valence-corrected chi connectivity index (χ0v) is 23.8. The number of benzene rings is 3. The van der Waals surface area contributed by atoms with E-state index in [-0.39, 0.29) is 23.6 Å². The lowest BCUT2D eigenvalue weighted by Crippen LogP contribution is -2.53. The molecule has 1 aliphatic carbocycles. The van der Waals surface area contributed by atoms with Crippen LogP contribution in [0.3, 0.4) is 0 Å². The summed E-state index contributed by atoms with van der Waals surface area (Å²) in [5, 5.41) is 18.5. The van der Waals surface area contributed by atoms with Crippen molar-refractivity contribution in [1.29, 1.82) is 0 Å². The molecule has 1 aliphatic rings. The predicted molar refractivity (Wildman–Crippen MR) is 156 cm³/mol. The van der Waals surface area contributed by atoms with Crippen molar-refractivity contribution in [2.45, 2.75) is 77.6 Å². The fourth-order valence-electron chi connectivity index (χ4n) is 4.81. The molecule has 2 atom stereocenters. The second kappa shape index (κ2) is 12.0. The number of phenols is 1. The summed E-state index contributed by atoms with van der Waals surface area (Å²) in [6.07, 6.45) is 1.11. The van der Waals surface area contributed by atoms with E-state index >= 15 is 0 Å². The number of carbonyl (C=O) groups is 3. The summed E-state index contributed by atoms with van der Waals surface area (Å²) in [6, 6.07) is 17.8. The van der Waals surface area contributed by atoms with Crippen LogP contribution in [0.25, 0.3) is 10.8 Å². The van der Waals surface area contributed by atoms with Crippen LogP contribution in [0.15, 0.2) is 66.7 Å². The Balaban J connectivity index is 1.70. The maximum atomic E-state index is 14.2. The first-order valence-electron chi connectivity index (χ1n) is 13.8. The van der Waals surface area contributed by atoms with Crippen LogP contribution in [0.4, 0.5) is 10.5 Å². The highest BCUT2D eigenvalue weighted by molar-refractivity contribution is 6.01. The van der Waals surface area contributed by atoms with Gasteiger partial charge < -0.3 is 25.4 Å². The molecule has 0 bridgehead atoms. The van der Waals surface area contributed by atoms with Crippen molar-refractivity contribution < 1.29 is 24.2 Å². The number of aromatic hydroxyl groups is 1. The summed E-state index contributed by atoms with van der Waals surface area (Å²) in [4.78, 5) is 42.5. The molecule has 0 spiro atoms. The molecule has 0 aromatic heterocycles. The second-order valence-corrected chi connectivity index (χ2v) is 11.8. The largest absolute Gasteiger partial charge is 0.508 e. The molecule has 2 unspecified atom stereocenters. The number of phenolic OH excluding ortho intramolecular Hbond substituents is 1. The summed E-state index contributed by atoms with van der Waals surface area (Å²) < 4.78 is 5.44. The SMILES string of the molecule is CC(C)CC(NC(=O)OC(C)(C)C)C(=O)N(C1CC1)C(C(=O)Nc1ccc2ccccc2c1)c1ccccc1O. The summed E-state index contributed by atoms with van der Waals surface area (Å²) in [7, 11) is 0. The Labute approximate surface area is 235 Å². The standard InChI is InChI=1S/C32H39N3O5/c1-20(2)18-26(34-31(39)40-32(3,4)5)30(38)35(24-16-17-24)28(25-12-8-9-13-27(25)36)29(37)33-23-15-14-21-10-6-7-11-22(21)19-23/h6-15,19-20,24,26,28,36H,16-18H2,1-5H3,(H,33,37)(H,34,39). The number of hydrogen-bond donors (Lipinski definition) is 3. The number of fused-ring (bicyclic) bond motifs is 1. The van der Waals surface area contributed by atoms with Crippen molar-refractivity contribution >= 4 is 34.4 Å². The van der Waals surface area contributed by atoms with Crippen LogP contribution < -0.4 is 10.6 Å². The third kappa shape index (κ3) is 7.31. The van der Waals surface area contributed by atoms with Crippen LogP contribution in [-0.4, -0.2) is 45.6 Å². The summed E-state index contributed by atoms with van der Waals surface area (Å²) >= 11 is 0. The molecule has 212 valence electrons. The van der Waals surface area contributed by atoms with Gasteiger partial charge in [0.2, 0.25) is 5.91 Å². The number of hydrogen-bond acceptors (Lipinski definition) is 5. The van der Waals surface area contributed by atoms with Gasteiger partial charge in [-0.25, -0.2) is 4.79 Å². The summed E-state index contributed by atoms with van der Waals surface area (Å²) in [6.45, 7) is 9.20. The Morgan fingerprint density at radius 2 is 1.62 bits per heavy atom. The fourth-order valence-corrected chi connectivity index (χ4v) is 4.81. The Morgan fingerprint density at radius 3 is 2.25 bits per heavy atom. The van der Waals surface area contributed by atoms with Gasteiger partial charge in [-0.2, -0.15) is 0 Å². The van der Waals surface area contributed by atoms with Gasteiger partial charge in [0.05, 0.1) is 0 Å². The molecular weight excluding hydrogens is 506 g/mol. The van der Waals surface area contributed by atoms with Gasteiger partial charge in [0.1, 0.15) is 23.4 Å². The molecular formula is C32H39N3O5. The Bertz CT molecular complexity index is 1380. The predicted octanol–water partition coefficient (Wildman–Crippen LogP) is 6.16. The quantitative estimate of drug-likeness (QED) is 0.299. The first-order valence-corrected chi connectivity index (χ1v) is 13.8. The van der Waals surface area contributed by atoms with Gasteiger partial charge >= 0.3 is 6.09 Å². The van der Waals surface area contributed by atoms with Crippen LogP contribution in [0, 0.1) is 5.92 Å². The molecule has 3 amide bonds. The monoisotopic (exact) mass is 545 g/mol. The van der Waals surface area contributed by atoms with Gasteiger partial charge in [-0.1, -0.05) is 62.4 Å². The van der Waals surface area contributed by atoms with Crippen LogP contribution in [0.5, 0.6) is 5.75 Å². The minimum atomic E-state index is -1.11. The lowest BCUT2D eigenvalue weighted by atomic mass is 9.98. The maximum absolute atomic E-state index is 14.2. The van der Waals surface area contributed by atoms with E-state index in [2.05, 4.69) is 10.6 Å². The van der Waals surface area contributed by atoms with Gasteiger partial charge in [0.15, 0.2) is 0 Å². The topological polar surface area (TPSA) is 108 Å². The number of nitrogens with zero attached hydrogens (tertiary/aromatic N) is 1. The maximum Gasteiger partial charge on any atom is 0.408 e. The Hall–Kier alpha value is -4.07. The van der Waals surface area contributed by atoms with E-state index in [9.17, 15) is 19.5 Å². The molecule has 3 aromatic carbocycles. The van der Waals surface area contributed by atoms with E-state index in [1.165, 1.54) is 11.0 Å². The van der Waals surface area contributed by atoms with Crippen LogP contribution >= 0.6 is 0 Å². The minimum absolute atomic E-state index is 0.0832. The molecule has 8 nitrogen and oxygen atoms in total. The number of ether oxygens (including phenoxy) is 1. The third-order valence-electron chi connectivity index (χ3n) is 6.67. The number of carbonyl (C=O) groups excluding carboxylic acids is 3. The number of anilines is 1. The first kappa shape index (κ1) is 28.9. The zero-order chi connectivity index (χ0) is 29.0. The van der Waals surface area contributed by atoms with Gasteiger partial charge in [-0.05, 0) is 74.9 Å². The molecule has 4 rings (SSSR count). The number of rotatable bonds is 9. The molecule has 1 fully saturated rings. The van der Waals surface area contributed by atoms with E-state index in [4.69, 9.17) is 4.74 Å². The van der Waals surface area contributed by atoms with E-state index in [0.29, 0.717) is 17.7 Å². The highest BCUT2D eigenvalue weighted by atomic mass is 16.6. The molecule has 0 heterocycles. The van der Waals surface area contributed by atoms with Crippen LogP contribution in [-0.2, 0) is 14.3 Å². The molecule has 0 saturated heterocycles. The fraction of sp³-hybridized carbons (Fsp3) is 0.406. The van der Waals surface area contributed by atoms with Crippen molar-refractivity contribution in [2.75, 3.05) is 5.32 Å². The number of para-hydroxylation sites is 1. The number of alkyl carbamates (subject to hydrolysis) is 1. The highest BCUT2D eigenvalue weighted by Crippen LogP contribution is 2.39. The van der Waals surface area contributed by atoms with Crippen molar-refractivity contribution in [1.82, 2.24) is 10.2 Å². The molecule has 3 aromatic rings. The highest BCUT2D eigenvalue weighted by Gasteiger charge is 2.45. The van der Waals surface area contributed by atoms with Gasteiger partial charge in [0.25, 0.3) is 5.91 Å². The molecule has 1 saturated carbocycles. The van der Waals surface area contributed by atoms with Crippen molar-refractivity contribution in [3.8, 4) is 5.75 Å². The van der Waals surface area contributed by atoms with E-state index < -0.39 is 29.7 Å². The van der Waals surface area contributed by atoms with E-state index in [1.54, 1.807) is 39.0 Å². The average molecular weight is 546 g/mol. The summed E-state index contributed by atoms with van der Waals surface area (Å²) in [5.41, 5.74) is 0.170. The van der Waals surface area contributed by atoms with E-state index in [1.807, 2.05) is 56.3 Å². The molecule has 8 heteroatoms. The minimum Gasteiger partial charge on any atom is -0.508 e. The molecule has 0 aliphatic heterocycles. The first-order chi connectivity index (χ1) is 18.9. The van der Waals surface area contributed by atoms with Crippen molar-refractivity contribution in [3.63, 3.8) is 0 Å². The van der Waals surface area contributed by atoms with Gasteiger partial charge in [0, 0.05) is 17.3 Å². The van der Waals surface area contributed by atoms with Gasteiger partial charge in [-0.15, -0.1) is 0 Å². The Kier molecular flexibility index (Phi) is 8.67. The lowest BCUT2D eigenvalue weighted by Gasteiger charge is -2.35. The second-order valence-electron chi connectivity index (χ2n) is 11.8. The van der Waals surface area contributed by atoms with E-state index in [0.717, 1.165) is 23.6 Å². The zero-order valence-electron chi connectivity index (χ0n) is 23.8. The normalized spacial score (nSPS) is 14.8. The van der Waals surface area contributed by atoms with Crippen molar-refractivity contribution in [3.05, 3.63) is 72.3 Å². The Morgan fingerprint density at radius 1 is 0.975 bits per heavy atom. The lowest BCUT2D eigenvalue weighted by molar-refractivity contribution is -0.141. The molecule has 3 N–H and O–H groups in total. The van der Waals surface area contributed by atoms with Crippen LogP contribution in [0.1, 0.15) is 65.5 Å². The third-order valence-corrected chi connectivity index (χ3v) is 6.67. The van der Waals surface area contributed by atoms with Crippen molar-refractivity contribution in [2.24, 2.45) is 5.92 Å². The van der Waals surface area contributed by atoms with Gasteiger partial charge in [-0.3, -0.25) is 9.59 Å². The number of amides is 3. The number of nitrogens with one attached hydrogen (secondary N) is 2. The average Bonchev–Trinajstić information content (AvgIpc) is 3.71.